The third kappa shape index (κ3) is 4.27. The number of carbonyl (C=O) groups is 2. The number of nitriles is 1. The van der Waals surface area contributed by atoms with Crippen molar-refractivity contribution in [1.82, 2.24) is 15.3 Å². The van der Waals surface area contributed by atoms with E-state index in [1.54, 1.807) is 23.2 Å². The number of nitrogens with zero attached hydrogens (tertiary/aromatic N) is 4. The summed E-state index contributed by atoms with van der Waals surface area (Å²) < 4.78 is 5.56. The van der Waals surface area contributed by atoms with Gasteiger partial charge < -0.3 is 15.0 Å². The van der Waals surface area contributed by atoms with Gasteiger partial charge in [0.2, 0.25) is 5.91 Å². The average molecular weight is 504 g/mol. The SMILES string of the molecule is C[C@@]1(C#N)COCc2ccc(C(=O)NCc3cc4nc(-c5cccc(N6CCC6=O)c5)ccc4cn3)cc21. The van der Waals surface area contributed by atoms with Gasteiger partial charge in [-0.2, -0.15) is 5.26 Å². The zero-order valence-corrected chi connectivity index (χ0v) is 20.9. The lowest BCUT2D eigenvalue weighted by molar-refractivity contribution is -0.122. The van der Waals surface area contributed by atoms with Gasteiger partial charge in [-0.3, -0.25) is 14.6 Å². The van der Waals surface area contributed by atoms with E-state index in [0.29, 0.717) is 30.9 Å². The van der Waals surface area contributed by atoms with Gasteiger partial charge in [-0.05, 0) is 60.5 Å². The monoisotopic (exact) mass is 503 g/mol. The van der Waals surface area contributed by atoms with Gasteiger partial charge in [-0.25, -0.2) is 4.98 Å². The molecule has 1 saturated heterocycles. The fourth-order valence-electron chi connectivity index (χ4n) is 4.90. The zero-order valence-electron chi connectivity index (χ0n) is 20.9. The van der Waals surface area contributed by atoms with Gasteiger partial charge in [0.1, 0.15) is 5.41 Å². The van der Waals surface area contributed by atoms with Crippen molar-refractivity contribution in [3.63, 3.8) is 0 Å². The molecule has 0 bridgehead atoms. The number of β-lactam (4-membered cyclic amide) rings is 1. The molecule has 2 aromatic carbocycles. The molecule has 0 unspecified atom stereocenters. The molecule has 8 nitrogen and oxygen atoms in total. The Morgan fingerprint density at radius 2 is 2.08 bits per heavy atom. The quantitative estimate of drug-likeness (QED) is 0.408. The second-order valence-electron chi connectivity index (χ2n) is 9.90. The Kier molecular flexibility index (Phi) is 5.86. The minimum absolute atomic E-state index is 0.134. The number of pyridine rings is 2. The van der Waals surface area contributed by atoms with Gasteiger partial charge in [0.05, 0.1) is 42.7 Å². The van der Waals surface area contributed by atoms with Crippen molar-refractivity contribution >= 4 is 28.4 Å². The summed E-state index contributed by atoms with van der Waals surface area (Å²) in [5.41, 5.74) is 5.54. The van der Waals surface area contributed by atoms with Crippen LogP contribution in [0.2, 0.25) is 0 Å². The van der Waals surface area contributed by atoms with Crippen LogP contribution in [0.15, 0.2) is 66.9 Å². The van der Waals surface area contributed by atoms with Gasteiger partial charge >= 0.3 is 0 Å². The van der Waals surface area contributed by atoms with Gasteiger partial charge in [-0.15, -0.1) is 0 Å². The fourth-order valence-corrected chi connectivity index (χ4v) is 4.90. The Hall–Kier alpha value is -4.61. The van der Waals surface area contributed by atoms with Crippen molar-refractivity contribution in [3.05, 3.63) is 89.2 Å². The number of hydrogen-bond donors (Lipinski definition) is 1. The lowest BCUT2D eigenvalue weighted by Crippen LogP contribution is -2.43. The van der Waals surface area contributed by atoms with Crippen molar-refractivity contribution in [3.8, 4) is 17.3 Å². The molecule has 8 heteroatoms. The van der Waals surface area contributed by atoms with Crippen LogP contribution < -0.4 is 10.2 Å². The number of anilines is 1. The number of nitrogens with one attached hydrogen (secondary N) is 1. The van der Waals surface area contributed by atoms with Gasteiger partial charge in [-0.1, -0.05) is 18.2 Å². The first kappa shape index (κ1) is 23.8. The van der Waals surface area contributed by atoms with Crippen LogP contribution >= 0.6 is 0 Å². The Balaban J connectivity index is 1.20. The molecule has 1 N–H and O–H groups in total. The molecule has 6 rings (SSSR count). The second-order valence-corrected chi connectivity index (χ2v) is 9.90. The van der Waals surface area contributed by atoms with E-state index in [2.05, 4.69) is 16.4 Å². The number of fused-ring (bicyclic) bond motifs is 2. The molecular formula is C30H25N5O3. The molecule has 2 aliphatic heterocycles. The molecular weight excluding hydrogens is 478 g/mol. The Morgan fingerprint density at radius 1 is 1.18 bits per heavy atom. The van der Waals surface area contributed by atoms with E-state index < -0.39 is 5.41 Å². The van der Waals surface area contributed by atoms with Crippen LogP contribution in [0.1, 0.15) is 40.5 Å². The van der Waals surface area contributed by atoms with E-state index in [1.165, 1.54) is 0 Å². The maximum Gasteiger partial charge on any atom is 0.251 e. The molecule has 4 aromatic rings. The summed E-state index contributed by atoms with van der Waals surface area (Å²) in [6.45, 7) is 3.55. The summed E-state index contributed by atoms with van der Waals surface area (Å²) in [7, 11) is 0. The number of amides is 2. The minimum Gasteiger partial charge on any atom is -0.375 e. The summed E-state index contributed by atoms with van der Waals surface area (Å²) in [4.78, 5) is 35.9. The van der Waals surface area contributed by atoms with Crippen molar-refractivity contribution < 1.29 is 14.3 Å². The van der Waals surface area contributed by atoms with E-state index in [1.807, 2.05) is 55.5 Å². The lowest BCUT2D eigenvalue weighted by Gasteiger charge is -2.30. The smallest absolute Gasteiger partial charge is 0.251 e. The van der Waals surface area contributed by atoms with Crippen molar-refractivity contribution in [2.24, 2.45) is 0 Å². The first-order chi connectivity index (χ1) is 18.4. The van der Waals surface area contributed by atoms with Crippen LogP contribution in [0.4, 0.5) is 5.69 Å². The molecule has 0 radical (unpaired) electrons. The van der Waals surface area contributed by atoms with Crippen LogP contribution in [0.25, 0.3) is 22.2 Å². The standard InChI is InChI=1S/C30H25N5O3/c1-30(17-31)18-38-16-22-6-5-20(12-25(22)30)29(37)33-15-23-13-27-21(14-32-23)7-8-26(34-27)19-3-2-4-24(11-19)35-10-9-28(35)36/h2-8,11-14H,9-10,15-16,18H2,1H3,(H,33,37)/t30-/m1/s1. The number of rotatable bonds is 5. The topological polar surface area (TPSA) is 108 Å². The number of benzene rings is 2. The highest BCUT2D eigenvalue weighted by Gasteiger charge is 2.33. The van der Waals surface area contributed by atoms with Crippen molar-refractivity contribution in [2.75, 3.05) is 18.1 Å². The number of ether oxygens (including phenoxy) is 1. The summed E-state index contributed by atoms with van der Waals surface area (Å²) in [5.74, 6) is -0.101. The van der Waals surface area contributed by atoms with Crippen molar-refractivity contribution in [1.29, 1.82) is 5.26 Å². The summed E-state index contributed by atoms with van der Waals surface area (Å²) >= 11 is 0. The first-order valence-corrected chi connectivity index (χ1v) is 12.5. The number of hydrogen-bond acceptors (Lipinski definition) is 6. The molecule has 0 spiro atoms. The first-order valence-electron chi connectivity index (χ1n) is 12.5. The number of carbonyl (C=O) groups excluding carboxylic acids is 2. The minimum atomic E-state index is -0.780. The third-order valence-electron chi connectivity index (χ3n) is 7.23. The molecule has 2 amide bonds. The summed E-state index contributed by atoms with van der Waals surface area (Å²) in [6.07, 6.45) is 2.34. The van der Waals surface area contributed by atoms with Crippen LogP contribution in [0.3, 0.4) is 0 Å². The second kappa shape index (κ2) is 9.36. The highest BCUT2D eigenvalue weighted by molar-refractivity contribution is 6.00. The molecule has 188 valence electrons. The van der Waals surface area contributed by atoms with E-state index in [-0.39, 0.29) is 18.4 Å². The Morgan fingerprint density at radius 3 is 2.87 bits per heavy atom. The van der Waals surface area contributed by atoms with Crippen LogP contribution in [-0.2, 0) is 28.1 Å². The molecule has 1 fully saturated rings. The van der Waals surface area contributed by atoms with Crippen LogP contribution in [0.5, 0.6) is 0 Å². The van der Waals surface area contributed by atoms with E-state index in [9.17, 15) is 14.9 Å². The Labute approximate surface area is 219 Å². The third-order valence-corrected chi connectivity index (χ3v) is 7.23. The maximum atomic E-state index is 12.9. The molecule has 2 aromatic heterocycles. The van der Waals surface area contributed by atoms with Gasteiger partial charge in [0, 0.05) is 41.4 Å². The van der Waals surface area contributed by atoms with E-state index in [0.717, 1.165) is 45.5 Å². The van der Waals surface area contributed by atoms with E-state index >= 15 is 0 Å². The lowest BCUT2D eigenvalue weighted by atomic mass is 9.79. The van der Waals surface area contributed by atoms with Crippen LogP contribution in [0, 0.1) is 11.3 Å². The summed E-state index contributed by atoms with van der Waals surface area (Å²) in [5, 5.41) is 13.5. The zero-order chi connectivity index (χ0) is 26.3. The largest absolute Gasteiger partial charge is 0.375 e. The predicted octanol–water partition coefficient (Wildman–Crippen LogP) is 4.27. The molecule has 0 saturated carbocycles. The normalized spacial score (nSPS) is 18.4. The molecule has 1 atom stereocenters. The molecule has 38 heavy (non-hydrogen) atoms. The molecule has 2 aliphatic rings. The predicted molar refractivity (Wildman–Crippen MR) is 142 cm³/mol. The average Bonchev–Trinajstić information content (AvgIpc) is 2.95. The fraction of sp³-hybridized carbons (Fsp3) is 0.233. The van der Waals surface area contributed by atoms with Gasteiger partial charge in [0.15, 0.2) is 0 Å². The van der Waals surface area contributed by atoms with Crippen LogP contribution in [-0.4, -0.2) is 34.9 Å². The van der Waals surface area contributed by atoms with Gasteiger partial charge in [0.25, 0.3) is 5.91 Å². The summed E-state index contributed by atoms with van der Waals surface area (Å²) in [6, 6.07) is 21.3. The maximum absolute atomic E-state index is 12.9. The molecule has 4 heterocycles. The molecule has 0 aliphatic carbocycles. The Bertz CT molecular complexity index is 1640. The highest BCUT2D eigenvalue weighted by atomic mass is 16.5. The number of aromatic nitrogens is 2. The van der Waals surface area contributed by atoms with Crippen molar-refractivity contribution in [2.45, 2.75) is 31.9 Å². The van der Waals surface area contributed by atoms with E-state index in [4.69, 9.17) is 9.72 Å². The highest BCUT2D eigenvalue weighted by Crippen LogP contribution is 2.33.